The van der Waals surface area contributed by atoms with Crippen LogP contribution >= 0.6 is 23.7 Å². The Morgan fingerprint density at radius 2 is 1.77 bits per heavy atom. The fraction of sp³-hybridized carbons (Fsp3) is 0.500. The third-order valence-electron chi connectivity index (χ3n) is 6.43. The molecule has 1 aliphatic carbocycles. The highest BCUT2D eigenvalue weighted by atomic mass is 35.5. The predicted octanol–water partition coefficient (Wildman–Crippen LogP) is 3.99. The Balaban J connectivity index is 0.00000231. The summed E-state index contributed by atoms with van der Waals surface area (Å²) >= 11 is 1.70. The van der Waals surface area contributed by atoms with Gasteiger partial charge in [-0.05, 0) is 52.4 Å². The summed E-state index contributed by atoms with van der Waals surface area (Å²) in [6, 6.07) is 11.6. The van der Waals surface area contributed by atoms with Crippen molar-refractivity contribution in [1.82, 2.24) is 30.0 Å². The van der Waals surface area contributed by atoms with Crippen molar-refractivity contribution in [2.45, 2.75) is 44.3 Å². The lowest BCUT2D eigenvalue weighted by molar-refractivity contribution is 0.0771. The van der Waals surface area contributed by atoms with Gasteiger partial charge < -0.3 is 0 Å². The van der Waals surface area contributed by atoms with Crippen molar-refractivity contribution in [3.8, 4) is 0 Å². The minimum absolute atomic E-state index is 0. The van der Waals surface area contributed by atoms with Crippen LogP contribution in [-0.4, -0.2) is 62.2 Å². The first kappa shape index (κ1) is 22.3. The van der Waals surface area contributed by atoms with Crippen LogP contribution in [0.5, 0.6) is 0 Å². The summed E-state index contributed by atoms with van der Waals surface area (Å²) in [6.07, 6.45) is 5.39. The second kappa shape index (κ2) is 10.2. The average Bonchev–Trinajstić information content (AvgIpc) is 3.54. The lowest BCUT2D eigenvalue weighted by atomic mass is 10.0. The molecule has 1 unspecified atom stereocenters. The van der Waals surface area contributed by atoms with Gasteiger partial charge in [0, 0.05) is 37.1 Å². The maximum Gasteiger partial charge on any atom is 0.173 e. The zero-order chi connectivity index (χ0) is 20.3. The van der Waals surface area contributed by atoms with Crippen LogP contribution in [-0.2, 0) is 6.54 Å². The van der Waals surface area contributed by atoms with Crippen LogP contribution in [0.3, 0.4) is 0 Å². The van der Waals surface area contributed by atoms with Gasteiger partial charge in [0.2, 0.25) is 0 Å². The molecule has 2 fully saturated rings. The largest absolute Gasteiger partial charge is 0.298 e. The molecule has 9 heteroatoms. The number of halogens is 2. The van der Waals surface area contributed by atoms with Crippen molar-refractivity contribution in [1.29, 1.82) is 0 Å². The van der Waals surface area contributed by atoms with Crippen molar-refractivity contribution < 1.29 is 4.39 Å². The molecule has 2 aromatic heterocycles. The van der Waals surface area contributed by atoms with Crippen LogP contribution in [0.25, 0.3) is 0 Å². The number of nitrogens with zero attached hydrogens (tertiary/aromatic N) is 6. The van der Waals surface area contributed by atoms with E-state index in [1.807, 2.05) is 22.9 Å². The van der Waals surface area contributed by atoms with Gasteiger partial charge in [-0.2, -0.15) is 0 Å². The molecule has 0 bridgehead atoms. The van der Waals surface area contributed by atoms with E-state index in [0.717, 1.165) is 43.6 Å². The standard InChI is InChI=1S/C22H27FN6S.ClH/c23-18-9-7-17(8-10-18)21(22-24-25-26-29(22)16-20-6-3-15-30-20)28-13-11-27(12-14-28)19-4-1-2-5-19;/h3,6-10,15,19,21H,1-2,4-5,11-14,16H2;1H. The minimum Gasteiger partial charge on any atom is -0.298 e. The van der Waals surface area contributed by atoms with Gasteiger partial charge in [0.25, 0.3) is 0 Å². The zero-order valence-corrected chi connectivity index (χ0v) is 19.1. The van der Waals surface area contributed by atoms with Crippen LogP contribution in [0.15, 0.2) is 41.8 Å². The molecule has 0 spiro atoms. The summed E-state index contributed by atoms with van der Waals surface area (Å²) in [6.45, 7) is 4.71. The van der Waals surface area contributed by atoms with E-state index in [1.54, 1.807) is 11.3 Å². The van der Waals surface area contributed by atoms with E-state index in [0.29, 0.717) is 6.54 Å². The van der Waals surface area contributed by atoms with Gasteiger partial charge >= 0.3 is 0 Å². The molecule has 6 nitrogen and oxygen atoms in total. The van der Waals surface area contributed by atoms with Gasteiger partial charge in [0.1, 0.15) is 5.82 Å². The average molecular weight is 463 g/mol. The van der Waals surface area contributed by atoms with Crippen LogP contribution < -0.4 is 0 Å². The lowest BCUT2D eigenvalue weighted by Crippen LogP contribution is -2.51. The molecule has 1 saturated carbocycles. The third-order valence-corrected chi connectivity index (χ3v) is 7.29. The summed E-state index contributed by atoms with van der Waals surface area (Å²) in [4.78, 5) is 6.32. The molecular formula is C22H28ClFN6S. The number of thiophene rings is 1. The quantitative estimate of drug-likeness (QED) is 0.554. The highest BCUT2D eigenvalue weighted by Crippen LogP contribution is 2.31. The van der Waals surface area contributed by atoms with Crippen LogP contribution in [0.2, 0.25) is 0 Å². The van der Waals surface area contributed by atoms with Crippen molar-refractivity contribution in [3.63, 3.8) is 0 Å². The Morgan fingerprint density at radius 1 is 1.03 bits per heavy atom. The number of benzene rings is 1. The van der Waals surface area contributed by atoms with Gasteiger partial charge in [-0.3, -0.25) is 9.80 Å². The first-order valence-corrected chi connectivity index (χ1v) is 11.7. The number of tetrazole rings is 1. The van der Waals surface area contributed by atoms with Crippen molar-refractivity contribution in [3.05, 3.63) is 63.9 Å². The van der Waals surface area contributed by atoms with Crippen LogP contribution in [0, 0.1) is 5.82 Å². The number of piperazine rings is 1. The molecule has 1 aromatic carbocycles. The maximum atomic E-state index is 13.6. The summed E-state index contributed by atoms with van der Waals surface area (Å²) in [5.74, 6) is 0.603. The van der Waals surface area contributed by atoms with E-state index in [9.17, 15) is 4.39 Å². The highest BCUT2D eigenvalue weighted by molar-refractivity contribution is 7.09. The summed E-state index contributed by atoms with van der Waals surface area (Å²) in [5, 5.41) is 14.8. The highest BCUT2D eigenvalue weighted by Gasteiger charge is 2.33. The first-order chi connectivity index (χ1) is 14.8. The normalized spacial score (nSPS) is 19.4. The van der Waals surface area contributed by atoms with E-state index in [4.69, 9.17) is 0 Å². The fourth-order valence-electron chi connectivity index (χ4n) is 4.87. The lowest BCUT2D eigenvalue weighted by Gasteiger charge is -2.41. The van der Waals surface area contributed by atoms with Gasteiger partial charge in [-0.1, -0.05) is 31.0 Å². The molecule has 0 N–H and O–H groups in total. The SMILES string of the molecule is Cl.Fc1ccc(C(c2nnnn2Cc2cccs2)N2CCN(C3CCCC3)CC2)cc1. The van der Waals surface area contributed by atoms with E-state index in [-0.39, 0.29) is 24.3 Å². The Kier molecular flexibility index (Phi) is 7.32. The molecule has 0 amide bonds. The molecule has 31 heavy (non-hydrogen) atoms. The van der Waals surface area contributed by atoms with E-state index < -0.39 is 0 Å². The van der Waals surface area contributed by atoms with E-state index in [1.165, 1.54) is 42.7 Å². The molecule has 5 rings (SSSR count). The van der Waals surface area contributed by atoms with Crippen LogP contribution in [0.1, 0.15) is 48.0 Å². The fourth-order valence-corrected chi connectivity index (χ4v) is 5.55. The topological polar surface area (TPSA) is 50.1 Å². The summed E-state index contributed by atoms with van der Waals surface area (Å²) in [7, 11) is 0. The number of aromatic nitrogens is 4. The molecule has 3 heterocycles. The monoisotopic (exact) mass is 462 g/mol. The van der Waals surface area contributed by atoms with Crippen molar-refractivity contribution >= 4 is 23.7 Å². The molecule has 3 aromatic rings. The van der Waals surface area contributed by atoms with E-state index >= 15 is 0 Å². The van der Waals surface area contributed by atoms with Gasteiger partial charge in [0.05, 0.1) is 12.6 Å². The molecule has 1 aliphatic heterocycles. The second-order valence-corrected chi connectivity index (χ2v) is 9.27. The molecule has 0 radical (unpaired) electrons. The van der Waals surface area contributed by atoms with Crippen LogP contribution in [0.4, 0.5) is 4.39 Å². The van der Waals surface area contributed by atoms with Gasteiger partial charge in [-0.25, -0.2) is 9.07 Å². The Morgan fingerprint density at radius 3 is 2.45 bits per heavy atom. The Bertz CT molecular complexity index is 933. The first-order valence-electron chi connectivity index (χ1n) is 10.8. The predicted molar refractivity (Wildman–Crippen MR) is 122 cm³/mol. The molecule has 1 saturated heterocycles. The van der Waals surface area contributed by atoms with Gasteiger partial charge in [-0.15, -0.1) is 28.8 Å². The second-order valence-electron chi connectivity index (χ2n) is 8.24. The van der Waals surface area contributed by atoms with Crippen molar-refractivity contribution in [2.75, 3.05) is 26.2 Å². The number of hydrogen-bond acceptors (Lipinski definition) is 6. The zero-order valence-electron chi connectivity index (χ0n) is 17.4. The third kappa shape index (κ3) is 4.98. The Labute approximate surface area is 192 Å². The smallest absolute Gasteiger partial charge is 0.173 e. The molecular weight excluding hydrogens is 435 g/mol. The summed E-state index contributed by atoms with van der Waals surface area (Å²) in [5.41, 5.74) is 1.04. The van der Waals surface area contributed by atoms with E-state index in [2.05, 4.69) is 36.8 Å². The molecule has 2 aliphatic rings. The molecule has 166 valence electrons. The Hall–Kier alpha value is -1.87. The van der Waals surface area contributed by atoms with Crippen molar-refractivity contribution in [2.24, 2.45) is 0 Å². The number of hydrogen-bond donors (Lipinski definition) is 0. The minimum atomic E-state index is -0.221. The van der Waals surface area contributed by atoms with Gasteiger partial charge in [0.15, 0.2) is 5.82 Å². The summed E-state index contributed by atoms with van der Waals surface area (Å²) < 4.78 is 15.5. The number of rotatable bonds is 6. The maximum absolute atomic E-state index is 13.6. The molecule has 1 atom stereocenters.